The van der Waals surface area contributed by atoms with Gasteiger partial charge in [-0.2, -0.15) is 0 Å². The lowest BCUT2D eigenvalue weighted by molar-refractivity contribution is -0.147. The number of amides is 2. The molecule has 1 saturated heterocycles. The molecule has 1 unspecified atom stereocenters. The van der Waals surface area contributed by atoms with Crippen LogP contribution >= 0.6 is 0 Å². The second kappa shape index (κ2) is 9.45. The van der Waals surface area contributed by atoms with Crippen LogP contribution in [0.4, 0.5) is 10.1 Å². The van der Waals surface area contributed by atoms with Crippen LogP contribution < -0.4 is 5.32 Å². The molecule has 1 atom stereocenters. The summed E-state index contributed by atoms with van der Waals surface area (Å²) < 4.78 is 14.5. The molecule has 2 aromatic rings. The van der Waals surface area contributed by atoms with Crippen LogP contribution in [-0.2, 0) is 11.3 Å². The molecule has 6 nitrogen and oxygen atoms in total. The first-order valence-corrected chi connectivity index (χ1v) is 12.1. The highest BCUT2D eigenvalue weighted by Gasteiger charge is 2.43. The molecule has 2 amide bonds. The van der Waals surface area contributed by atoms with Crippen molar-refractivity contribution >= 4 is 17.5 Å². The van der Waals surface area contributed by atoms with E-state index < -0.39 is 0 Å². The van der Waals surface area contributed by atoms with E-state index in [-0.39, 0.29) is 35.0 Å². The summed E-state index contributed by atoms with van der Waals surface area (Å²) in [6.45, 7) is 13.0. The van der Waals surface area contributed by atoms with E-state index in [2.05, 4.69) is 36.0 Å². The minimum Gasteiger partial charge on any atom is -0.337 e. The van der Waals surface area contributed by atoms with Crippen molar-refractivity contribution in [3.63, 3.8) is 0 Å². The maximum Gasteiger partial charge on any atom is 0.257 e. The SMILES string of the molecule is Cc1ccc(C(=O)Nc2cc(F)cc(CN3CCN(C(=O)C4CC(C)(C)C4)C(C)C3)c2C)cn1. The number of pyridine rings is 1. The Kier molecular flexibility index (Phi) is 6.76. The highest BCUT2D eigenvalue weighted by atomic mass is 19.1. The Morgan fingerprint density at radius 1 is 1.18 bits per heavy atom. The summed E-state index contributed by atoms with van der Waals surface area (Å²) in [7, 11) is 0. The van der Waals surface area contributed by atoms with Crippen molar-refractivity contribution in [1.29, 1.82) is 0 Å². The molecule has 1 aromatic heterocycles. The van der Waals surface area contributed by atoms with E-state index in [0.29, 0.717) is 24.3 Å². The predicted octanol–water partition coefficient (Wildman–Crippen LogP) is 4.56. The van der Waals surface area contributed by atoms with Crippen LogP contribution in [0.15, 0.2) is 30.5 Å². The van der Waals surface area contributed by atoms with E-state index in [1.165, 1.54) is 18.3 Å². The van der Waals surface area contributed by atoms with E-state index in [9.17, 15) is 14.0 Å². The summed E-state index contributed by atoms with van der Waals surface area (Å²) in [6.07, 6.45) is 3.45. The third-order valence-corrected chi connectivity index (χ3v) is 7.24. The summed E-state index contributed by atoms with van der Waals surface area (Å²) in [6, 6.07) is 6.50. The monoisotopic (exact) mass is 466 g/mol. The number of nitrogens with zero attached hydrogens (tertiary/aromatic N) is 3. The van der Waals surface area contributed by atoms with Crippen LogP contribution in [0.25, 0.3) is 0 Å². The number of anilines is 1. The van der Waals surface area contributed by atoms with Crippen molar-refractivity contribution < 1.29 is 14.0 Å². The van der Waals surface area contributed by atoms with Crippen molar-refractivity contribution in [2.75, 3.05) is 25.0 Å². The van der Waals surface area contributed by atoms with Gasteiger partial charge in [-0.3, -0.25) is 19.5 Å². The third kappa shape index (κ3) is 5.30. The number of nitrogens with one attached hydrogen (secondary N) is 1. The first-order chi connectivity index (χ1) is 16.0. The highest BCUT2D eigenvalue weighted by Crippen LogP contribution is 2.45. The molecule has 1 aromatic carbocycles. The number of aromatic nitrogens is 1. The molecule has 2 fully saturated rings. The summed E-state index contributed by atoms with van der Waals surface area (Å²) >= 11 is 0. The Balaban J connectivity index is 1.40. The summed E-state index contributed by atoms with van der Waals surface area (Å²) in [5, 5.41) is 2.84. The normalized spacial score (nSPS) is 20.6. The van der Waals surface area contributed by atoms with Gasteiger partial charge in [-0.1, -0.05) is 13.8 Å². The molecule has 2 aliphatic rings. The number of carbonyl (C=O) groups is 2. The van der Waals surface area contributed by atoms with Gasteiger partial charge in [0.25, 0.3) is 5.91 Å². The summed E-state index contributed by atoms with van der Waals surface area (Å²) in [4.78, 5) is 34.0. The smallest absolute Gasteiger partial charge is 0.257 e. The van der Waals surface area contributed by atoms with E-state index in [0.717, 1.165) is 42.8 Å². The first kappa shape index (κ1) is 24.3. The van der Waals surface area contributed by atoms with E-state index >= 15 is 0 Å². The second-order valence-corrected chi connectivity index (χ2v) is 10.8. The highest BCUT2D eigenvalue weighted by molar-refractivity contribution is 6.04. The Morgan fingerprint density at radius 2 is 1.91 bits per heavy atom. The number of hydrogen-bond donors (Lipinski definition) is 1. The van der Waals surface area contributed by atoms with Gasteiger partial charge in [0.15, 0.2) is 0 Å². The number of aryl methyl sites for hydroxylation is 1. The van der Waals surface area contributed by atoms with E-state index in [1.54, 1.807) is 12.1 Å². The fourth-order valence-corrected chi connectivity index (χ4v) is 5.25. The fourth-order valence-electron chi connectivity index (χ4n) is 5.25. The number of hydrogen-bond acceptors (Lipinski definition) is 4. The van der Waals surface area contributed by atoms with Crippen LogP contribution in [0.2, 0.25) is 0 Å². The first-order valence-electron chi connectivity index (χ1n) is 12.1. The van der Waals surface area contributed by atoms with Crippen molar-refractivity contribution in [2.24, 2.45) is 11.3 Å². The number of benzene rings is 1. The van der Waals surface area contributed by atoms with E-state index in [1.807, 2.05) is 18.7 Å². The minimum absolute atomic E-state index is 0.118. The van der Waals surface area contributed by atoms with Crippen molar-refractivity contribution in [2.45, 2.75) is 60.0 Å². The zero-order valence-corrected chi connectivity index (χ0v) is 20.8. The van der Waals surface area contributed by atoms with Crippen molar-refractivity contribution in [1.82, 2.24) is 14.8 Å². The van der Waals surface area contributed by atoms with Gasteiger partial charge in [-0.05, 0) is 74.4 Å². The number of carbonyl (C=O) groups excluding carboxylic acids is 2. The lowest BCUT2D eigenvalue weighted by atomic mass is 9.64. The van der Waals surface area contributed by atoms with Crippen molar-refractivity contribution in [3.05, 3.63) is 58.7 Å². The summed E-state index contributed by atoms with van der Waals surface area (Å²) in [5.74, 6) is -0.257. The molecule has 0 bridgehead atoms. The molecule has 1 saturated carbocycles. The van der Waals surface area contributed by atoms with Crippen LogP contribution in [0.3, 0.4) is 0 Å². The van der Waals surface area contributed by atoms with Gasteiger partial charge in [-0.15, -0.1) is 0 Å². The van der Waals surface area contributed by atoms with Gasteiger partial charge in [0.05, 0.1) is 5.56 Å². The molecule has 34 heavy (non-hydrogen) atoms. The van der Waals surface area contributed by atoms with Crippen LogP contribution in [0.1, 0.15) is 60.8 Å². The Labute approximate surface area is 201 Å². The van der Waals surface area contributed by atoms with Crippen LogP contribution in [0, 0.1) is 31.0 Å². The van der Waals surface area contributed by atoms with Crippen LogP contribution in [-0.4, -0.2) is 52.3 Å². The minimum atomic E-state index is -0.382. The maximum atomic E-state index is 14.5. The molecule has 1 aliphatic carbocycles. The third-order valence-electron chi connectivity index (χ3n) is 7.24. The maximum absolute atomic E-state index is 14.5. The molecule has 7 heteroatoms. The standard InChI is InChI=1S/C27H35FN4O2/c1-17-6-7-20(14-29-17)25(33)30-24-11-23(28)10-21(19(24)3)16-31-8-9-32(18(2)15-31)26(34)22-12-27(4,5)13-22/h6-7,10-11,14,18,22H,8-9,12-13,15-16H2,1-5H3,(H,30,33). The van der Waals surface area contributed by atoms with Gasteiger partial charge in [0, 0.05) is 55.7 Å². The quantitative estimate of drug-likeness (QED) is 0.702. The average molecular weight is 467 g/mol. The Morgan fingerprint density at radius 3 is 2.53 bits per heavy atom. The number of rotatable bonds is 5. The largest absolute Gasteiger partial charge is 0.337 e. The van der Waals surface area contributed by atoms with Crippen molar-refractivity contribution in [3.8, 4) is 0 Å². The number of piperazine rings is 1. The zero-order chi connectivity index (χ0) is 24.6. The molecule has 2 heterocycles. The lowest BCUT2D eigenvalue weighted by Gasteiger charge is -2.47. The van der Waals surface area contributed by atoms with Gasteiger partial charge in [0.1, 0.15) is 5.82 Å². The molecule has 1 aliphatic heterocycles. The fraction of sp³-hybridized carbons (Fsp3) is 0.519. The molecule has 1 N–H and O–H groups in total. The lowest BCUT2D eigenvalue weighted by Crippen LogP contribution is -2.56. The summed E-state index contributed by atoms with van der Waals surface area (Å²) in [5.41, 5.74) is 3.69. The molecular formula is C27H35FN4O2. The second-order valence-electron chi connectivity index (χ2n) is 10.8. The predicted molar refractivity (Wildman–Crippen MR) is 131 cm³/mol. The van der Waals surface area contributed by atoms with Gasteiger partial charge in [0.2, 0.25) is 5.91 Å². The molecule has 4 rings (SSSR count). The van der Waals surface area contributed by atoms with E-state index in [4.69, 9.17) is 0 Å². The van der Waals surface area contributed by atoms with Gasteiger partial charge >= 0.3 is 0 Å². The zero-order valence-electron chi connectivity index (χ0n) is 20.8. The average Bonchev–Trinajstić information content (AvgIpc) is 2.75. The molecular weight excluding hydrogens is 431 g/mol. The van der Waals surface area contributed by atoms with Gasteiger partial charge in [-0.25, -0.2) is 4.39 Å². The topological polar surface area (TPSA) is 65.5 Å². The molecule has 0 radical (unpaired) electrons. The molecule has 0 spiro atoms. The Bertz CT molecular complexity index is 1070. The van der Waals surface area contributed by atoms with Gasteiger partial charge < -0.3 is 10.2 Å². The number of halogens is 1. The van der Waals surface area contributed by atoms with Crippen LogP contribution in [0.5, 0.6) is 0 Å². The Hall–Kier alpha value is -2.80. The molecule has 182 valence electrons.